The van der Waals surface area contributed by atoms with Gasteiger partial charge in [-0.2, -0.15) is 0 Å². The van der Waals surface area contributed by atoms with Gasteiger partial charge in [-0.05, 0) is 49.3 Å². The van der Waals surface area contributed by atoms with Gasteiger partial charge in [-0.3, -0.25) is 19.8 Å². The highest BCUT2D eigenvalue weighted by Gasteiger charge is 2.22. The number of thiazole rings is 1. The van der Waals surface area contributed by atoms with Crippen LogP contribution in [0.1, 0.15) is 36.7 Å². The Balaban J connectivity index is 0.00000341. The van der Waals surface area contributed by atoms with Gasteiger partial charge in [0.25, 0.3) is 11.6 Å². The number of carbonyl (C=O) groups is 1. The van der Waals surface area contributed by atoms with Crippen LogP contribution in [0.2, 0.25) is 0 Å². The molecule has 0 aliphatic rings. The first-order chi connectivity index (χ1) is 14.5. The number of fused-ring (bicyclic) bond motifs is 1. The van der Waals surface area contributed by atoms with Gasteiger partial charge in [0.2, 0.25) is 0 Å². The number of benzene rings is 2. The van der Waals surface area contributed by atoms with Gasteiger partial charge < -0.3 is 4.90 Å². The number of hydrogen-bond acceptors (Lipinski definition) is 6. The van der Waals surface area contributed by atoms with Crippen LogP contribution in [0.25, 0.3) is 10.2 Å². The Morgan fingerprint density at radius 2 is 1.74 bits per heavy atom. The summed E-state index contributed by atoms with van der Waals surface area (Å²) in [4.78, 5) is 32.4. The van der Waals surface area contributed by atoms with Crippen LogP contribution in [0, 0.1) is 10.1 Å². The van der Waals surface area contributed by atoms with Crippen molar-refractivity contribution in [3.8, 4) is 0 Å². The molecule has 1 amide bonds. The Kier molecular flexibility index (Phi) is 8.91. The highest BCUT2D eigenvalue weighted by atomic mass is 35.5. The fourth-order valence-corrected chi connectivity index (χ4v) is 4.29. The molecule has 31 heavy (non-hydrogen) atoms. The van der Waals surface area contributed by atoms with E-state index in [4.69, 9.17) is 4.98 Å². The molecular weight excluding hydrogens is 436 g/mol. The minimum atomic E-state index is -0.467. The highest BCUT2D eigenvalue weighted by Crippen LogP contribution is 2.31. The van der Waals surface area contributed by atoms with E-state index < -0.39 is 4.92 Å². The Labute approximate surface area is 192 Å². The monoisotopic (exact) mass is 462 g/mol. The van der Waals surface area contributed by atoms with Crippen LogP contribution in [0.3, 0.4) is 0 Å². The van der Waals surface area contributed by atoms with E-state index in [9.17, 15) is 14.9 Å². The maximum absolute atomic E-state index is 13.3. The van der Waals surface area contributed by atoms with Gasteiger partial charge in [0, 0.05) is 30.8 Å². The van der Waals surface area contributed by atoms with Gasteiger partial charge in [-0.15, -0.1) is 12.4 Å². The zero-order valence-corrected chi connectivity index (χ0v) is 19.5. The first kappa shape index (κ1) is 24.7. The molecule has 0 fully saturated rings. The number of hydrogen-bond donors (Lipinski definition) is 0. The summed E-state index contributed by atoms with van der Waals surface area (Å²) in [6.45, 7) is 9.31. The molecule has 0 atom stereocenters. The summed E-state index contributed by atoms with van der Waals surface area (Å²) in [7, 11) is 0. The van der Waals surface area contributed by atoms with Gasteiger partial charge in [0.1, 0.15) is 0 Å². The number of nitrogens with zero attached hydrogens (tertiary/aromatic N) is 4. The largest absolute Gasteiger partial charge is 0.302 e. The van der Waals surface area contributed by atoms with Crippen LogP contribution < -0.4 is 4.90 Å². The number of halogens is 1. The molecule has 0 saturated carbocycles. The first-order valence-electron chi connectivity index (χ1n) is 10.1. The van der Waals surface area contributed by atoms with Crippen molar-refractivity contribution in [2.24, 2.45) is 0 Å². The normalized spacial score (nSPS) is 10.8. The second-order valence-electron chi connectivity index (χ2n) is 6.94. The molecule has 0 radical (unpaired) electrons. The van der Waals surface area contributed by atoms with E-state index in [1.807, 2.05) is 6.07 Å². The van der Waals surface area contributed by atoms with Crippen molar-refractivity contribution in [3.63, 3.8) is 0 Å². The quantitative estimate of drug-likeness (QED) is 0.323. The van der Waals surface area contributed by atoms with Crippen LogP contribution in [0.15, 0.2) is 42.5 Å². The standard InChI is InChI=1S/C22H26N4O3S.ClH/c1-4-16-7-12-19-20(15-16)30-22(23-19)25(14-13-24(5-2)6-3)21(27)17-8-10-18(11-9-17)26(28)29;/h7-12,15H,4-6,13-14H2,1-3H3;1H. The minimum absolute atomic E-state index is 0. The first-order valence-corrected chi connectivity index (χ1v) is 11.0. The molecular formula is C22H27ClN4O3S. The number of amides is 1. The average Bonchev–Trinajstić information content (AvgIpc) is 3.19. The van der Waals surface area contributed by atoms with Crippen LogP contribution in [0.4, 0.5) is 10.8 Å². The van der Waals surface area contributed by atoms with E-state index in [1.54, 1.807) is 4.90 Å². The van der Waals surface area contributed by atoms with E-state index in [0.717, 1.165) is 36.3 Å². The van der Waals surface area contributed by atoms with E-state index in [2.05, 4.69) is 37.8 Å². The average molecular weight is 463 g/mol. The van der Waals surface area contributed by atoms with E-state index >= 15 is 0 Å². The zero-order chi connectivity index (χ0) is 21.7. The van der Waals surface area contributed by atoms with Gasteiger partial charge in [-0.1, -0.05) is 38.2 Å². The summed E-state index contributed by atoms with van der Waals surface area (Å²) in [6, 6.07) is 11.9. The fraction of sp³-hybridized carbons (Fsp3) is 0.364. The van der Waals surface area contributed by atoms with Crippen molar-refractivity contribution in [1.29, 1.82) is 0 Å². The Morgan fingerprint density at radius 3 is 2.32 bits per heavy atom. The molecule has 0 N–H and O–H groups in total. The summed E-state index contributed by atoms with van der Waals surface area (Å²) in [5, 5.41) is 11.6. The lowest BCUT2D eigenvalue weighted by molar-refractivity contribution is -0.384. The Bertz CT molecular complexity index is 1030. The number of likely N-dealkylation sites (N-methyl/N-ethyl adjacent to an activating group) is 1. The molecule has 2 aromatic carbocycles. The summed E-state index contributed by atoms with van der Waals surface area (Å²) in [5.41, 5.74) is 2.48. The molecule has 0 bridgehead atoms. The Morgan fingerprint density at radius 1 is 1.06 bits per heavy atom. The van der Waals surface area contributed by atoms with Gasteiger partial charge in [0.15, 0.2) is 5.13 Å². The number of nitro benzene ring substituents is 1. The minimum Gasteiger partial charge on any atom is -0.302 e. The number of non-ortho nitro benzene ring substituents is 1. The maximum Gasteiger partial charge on any atom is 0.269 e. The molecule has 0 unspecified atom stereocenters. The molecule has 1 aromatic heterocycles. The smallest absolute Gasteiger partial charge is 0.269 e. The number of carbonyl (C=O) groups excluding carboxylic acids is 1. The highest BCUT2D eigenvalue weighted by molar-refractivity contribution is 7.22. The molecule has 7 nitrogen and oxygen atoms in total. The van der Waals surface area contributed by atoms with Crippen LogP contribution in [0.5, 0.6) is 0 Å². The number of nitro groups is 1. The van der Waals surface area contributed by atoms with Crippen molar-refractivity contribution in [2.75, 3.05) is 31.1 Å². The van der Waals surface area contributed by atoms with Crippen LogP contribution in [-0.4, -0.2) is 46.9 Å². The molecule has 0 aliphatic heterocycles. The number of aromatic nitrogens is 1. The van der Waals surface area contributed by atoms with Gasteiger partial charge in [-0.25, -0.2) is 4.98 Å². The molecule has 3 rings (SSSR count). The third kappa shape index (κ3) is 5.78. The predicted octanol–water partition coefficient (Wildman–Crippen LogP) is 5.18. The number of rotatable bonds is 9. The molecule has 3 aromatic rings. The predicted molar refractivity (Wildman–Crippen MR) is 129 cm³/mol. The second-order valence-corrected chi connectivity index (χ2v) is 7.95. The summed E-state index contributed by atoms with van der Waals surface area (Å²) in [6.07, 6.45) is 0.941. The van der Waals surface area contributed by atoms with Crippen LogP contribution in [-0.2, 0) is 6.42 Å². The lowest BCUT2D eigenvalue weighted by atomic mass is 10.2. The third-order valence-corrected chi connectivity index (χ3v) is 6.23. The second kappa shape index (κ2) is 11.2. The van der Waals surface area contributed by atoms with Crippen molar-refractivity contribution in [3.05, 3.63) is 63.7 Å². The van der Waals surface area contributed by atoms with Crippen LogP contribution >= 0.6 is 23.7 Å². The van der Waals surface area contributed by atoms with Crippen molar-refractivity contribution < 1.29 is 9.72 Å². The van der Waals surface area contributed by atoms with Crippen molar-refractivity contribution in [1.82, 2.24) is 9.88 Å². The lowest BCUT2D eigenvalue weighted by Gasteiger charge is -2.24. The topological polar surface area (TPSA) is 79.6 Å². The van der Waals surface area contributed by atoms with Gasteiger partial charge in [0.05, 0.1) is 15.1 Å². The molecule has 0 spiro atoms. The molecule has 0 saturated heterocycles. The van der Waals surface area contributed by atoms with E-state index in [0.29, 0.717) is 17.2 Å². The summed E-state index contributed by atoms with van der Waals surface area (Å²) >= 11 is 1.50. The summed E-state index contributed by atoms with van der Waals surface area (Å²) < 4.78 is 1.05. The van der Waals surface area contributed by atoms with E-state index in [1.165, 1.54) is 41.2 Å². The van der Waals surface area contributed by atoms with Gasteiger partial charge >= 0.3 is 0 Å². The molecule has 166 valence electrons. The molecule has 9 heteroatoms. The Hall–Kier alpha value is -2.55. The van der Waals surface area contributed by atoms with Crippen molar-refractivity contribution >= 4 is 50.7 Å². The lowest BCUT2D eigenvalue weighted by Crippen LogP contribution is -2.38. The van der Waals surface area contributed by atoms with E-state index in [-0.39, 0.29) is 24.0 Å². The summed E-state index contributed by atoms with van der Waals surface area (Å²) in [5.74, 6) is -0.202. The zero-order valence-electron chi connectivity index (χ0n) is 17.9. The number of anilines is 1. The molecule has 1 heterocycles. The molecule has 0 aliphatic carbocycles. The third-order valence-electron chi connectivity index (χ3n) is 5.19. The SMILES string of the molecule is CCc1ccc2nc(N(CCN(CC)CC)C(=O)c3ccc([N+](=O)[O-])cc3)sc2c1.Cl. The van der Waals surface area contributed by atoms with Crippen molar-refractivity contribution in [2.45, 2.75) is 27.2 Å². The maximum atomic E-state index is 13.3. The fourth-order valence-electron chi connectivity index (χ4n) is 3.24. The number of aryl methyl sites for hydroxylation is 1.